The lowest BCUT2D eigenvalue weighted by Crippen LogP contribution is -2.52. The van der Waals surface area contributed by atoms with Crippen molar-refractivity contribution in [2.75, 3.05) is 6.54 Å². The first-order valence-corrected chi connectivity index (χ1v) is 11.3. The van der Waals surface area contributed by atoms with E-state index in [-0.39, 0.29) is 22.3 Å². The number of rotatable bonds is 5. The van der Waals surface area contributed by atoms with Crippen molar-refractivity contribution in [2.45, 2.75) is 13.3 Å². The first kappa shape index (κ1) is 21.7. The maximum absolute atomic E-state index is 13.4. The monoisotopic (exact) mass is 476 g/mol. The van der Waals surface area contributed by atoms with Crippen LogP contribution in [0.2, 0.25) is 10.0 Å². The average Bonchev–Trinajstić information content (AvgIpc) is 3.34. The summed E-state index contributed by atoms with van der Waals surface area (Å²) in [5, 5.41) is 3.91. The van der Waals surface area contributed by atoms with Crippen molar-refractivity contribution < 1.29 is 19.2 Å². The molecule has 0 saturated carbocycles. The SMILES string of the molecule is C[C@@H]1C=CC[C@H]2C(=O)N(N(CC(=O)c3cccs3)C(=O)c3ccc(Cl)cc3Cl)C(=O)[C@@H]12. The van der Waals surface area contributed by atoms with Crippen LogP contribution in [0.25, 0.3) is 0 Å². The summed E-state index contributed by atoms with van der Waals surface area (Å²) in [4.78, 5) is 53.2. The second-order valence-corrected chi connectivity index (χ2v) is 9.32. The second-order valence-electron chi connectivity index (χ2n) is 7.53. The van der Waals surface area contributed by atoms with E-state index in [1.807, 2.05) is 19.1 Å². The third kappa shape index (κ3) is 3.93. The lowest BCUT2D eigenvalue weighted by atomic mass is 9.78. The zero-order valence-corrected chi connectivity index (χ0v) is 18.8. The molecule has 0 unspecified atom stereocenters. The van der Waals surface area contributed by atoms with E-state index in [1.165, 1.54) is 29.5 Å². The summed E-state index contributed by atoms with van der Waals surface area (Å²) in [5.74, 6) is -3.33. The predicted molar refractivity (Wildman–Crippen MR) is 118 cm³/mol. The Morgan fingerprint density at radius 3 is 2.61 bits per heavy atom. The highest BCUT2D eigenvalue weighted by Gasteiger charge is 2.53. The Kier molecular flexibility index (Phi) is 6.01. The van der Waals surface area contributed by atoms with Crippen molar-refractivity contribution in [3.8, 4) is 0 Å². The van der Waals surface area contributed by atoms with Crippen LogP contribution in [0.15, 0.2) is 47.9 Å². The number of ketones is 1. The topological polar surface area (TPSA) is 74.8 Å². The van der Waals surface area contributed by atoms with Gasteiger partial charge >= 0.3 is 0 Å². The number of hydrazine groups is 1. The van der Waals surface area contributed by atoms with Gasteiger partial charge in [0.25, 0.3) is 17.7 Å². The highest BCUT2D eigenvalue weighted by Crippen LogP contribution is 2.39. The fourth-order valence-corrected chi connectivity index (χ4v) is 5.20. The zero-order valence-electron chi connectivity index (χ0n) is 16.5. The predicted octanol–water partition coefficient (Wildman–Crippen LogP) is 4.49. The average molecular weight is 477 g/mol. The first-order valence-electron chi connectivity index (χ1n) is 9.67. The van der Waals surface area contributed by atoms with E-state index in [9.17, 15) is 19.2 Å². The van der Waals surface area contributed by atoms with Crippen molar-refractivity contribution >= 4 is 58.0 Å². The lowest BCUT2D eigenvalue weighted by molar-refractivity contribution is -0.154. The molecule has 1 aliphatic heterocycles. The second kappa shape index (κ2) is 8.57. The molecule has 0 spiro atoms. The summed E-state index contributed by atoms with van der Waals surface area (Å²) < 4.78 is 0. The van der Waals surface area contributed by atoms with Crippen LogP contribution >= 0.6 is 34.5 Å². The molecule has 1 aromatic heterocycles. The molecular weight excluding hydrogens is 459 g/mol. The molecule has 3 atom stereocenters. The molecule has 0 radical (unpaired) electrons. The summed E-state index contributed by atoms with van der Waals surface area (Å²) in [6.45, 7) is 1.40. The number of amides is 3. The Bertz CT molecular complexity index is 1100. The molecule has 3 amide bonds. The molecule has 1 saturated heterocycles. The number of nitrogens with zero attached hydrogens (tertiary/aromatic N) is 2. The quantitative estimate of drug-likeness (QED) is 0.361. The summed E-state index contributed by atoms with van der Waals surface area (Å²) in [7, 11) is 0. The van der Waals surface area contributed by atoms with E-state index in [1.54, 1.807) is 17.5 Å². The number of carbonyl (C=O) groups is 4. The molecule has 6 nitrogen and oxygen atoms in total. The molecule has 1 fully saturated rings. The van der Waals surface area contributed by atoms with Crippen LogP contribution in [-0.2, 0) is 9.59 Å². The Morgan fingerprint density at radius 1 is 1.19 bits per heavy atom. The number of allylic oxidation sites excluding steroid dienone is 2. The molecule has 4 rings (SSSR count). The van der Waals surface area contributed by atoms with Crippen molar-refractivity contribution in [3.63, 3.8) is 0 Å². The smallest absolute Gasteiger partial charge is 0.274 e. The fourth-order valence-electron chi connectivity index (χ4n) is 4.06. The molecule has 0 N–H and O–H groups in total. The number of fused-ring (bicyclic) bond motifs is 1. The van der Waals surface area contributed by atoms with Gasteiger partial charge in [0.1, 0.15) is 6.54 Å². The van der Waals surface area contributed by atoms with Crippen molar-refractivity contribution in [3.05, 3.63) is 68.3 Å². The number of hydrogen-bond donors (Lipinski definition) is 0. The summed E-state index contributed by atoms with van der Waals surface area (Å²) >= 11 is 13.4. The minimum atomic E-state index is -0.715. The van der Waals surface area contributed by atoms with Crippen LogP contribution in [0.3, 0.4) is 0 Å². The van der Waals surface area contributed by atoms with Crippen LogP contribution < -0.4 is 0 Å². The Balaban J connectivity index is 1.73. The van der Waals surface area contributed by atoms with Gasteiger partial charge in [-0.05, 0) is 42.0 Å². The highest BCUT2D eigenvalue weighted by atomic mass is 35.5. The molecule has 1 aromatic carbocycles. The van der Waals surface area contributed by atoms with E-state index in [2.05, 4.69) is 0 Å². The number of imide groups is 1. The molecule has 9 heteroatoms. The van der Waals surface area contributed by atoms with E-state index < -0.39 is 36.1 Å². The minimum absolute atomic E-state index is 0.0479. The van der Waals surface area contributed by atoms with Crippen molar-refractivity contribution in [2.24, 2.45) is 17.8 Å². The molecule has 160 valence electrons. The van der Waals surface area contributed by atoms with E-state index in [0.29, 0.717) is 16.3 Å². The van der Waals surface area contributed by atoms with Gasteiger partial charge in [-0.2, -0.15) is 5.01 Å². The van der Waals surface area contributed by atoms with Crippen LogP contribution in [0, 0.1) is 17.8 Å². The highest BCUT2D eigenvalue weighted by molar-refractivity contribution is 7.12. The number of hydrogen-bond acceptors (Lipinski definition) is 5. The number of benzene rings is 1. The van der Waals surface area contributed by atoms with Gasteiger partial charge in [0.2, 0.25) is 0 Å². The van der Waals surface area contributed by atoms with E-state index in [0.717, 1.165) is 10.0 Å². The third-order valence-corrected chi connectivity index (χ3v) is 7.03. The van der Waals surface area contributed by atoms with E-state index >= 15 is 0 Å². The summed E-state index contributed by atoms with van der Waals surface area (Å²) in [5.41, 5.74) is 0.0479. The third-order valence-electron chi connectivity index (χ3n) is 5.58. The Labute approximate surface area is 193 Å². The van der Waals surface area contributed by atoms with Gasteiger partial charge in [-0.1, -0.05) is 48.3 Å². The Hall–Kier alpha value is -2.48. The summed E-state index contributed by atoms with van der Waals surface area (Å²) in [6.07, 6.45) is 4.19. The molecule has 0 bridgehead atoms. The lowest BCUT2D eigenvalue weighted by Gasteiger charge is -2.30. The maximum Gasteiger partial charge on any atom is 0.274 e. The molecule has 1 aliphatic carbocycles. The molecule has 2 heterocycles. The van der Waals surface area contributed by atoms with Crippen LogP contribution in [0.5, 0.6) is 0 Å². The van der Waals surface area contributed by atoms with Crippen LogP contribution in [-0.4, -0.2) is 40.1 Å². The molecular formula is C22H18Cl2N2O4S. The largest absolute Gasteiger partial charge is 0.291 e. The molecule has 2 aromatic rings. The van der Waals surface area contributed by atoms with Crippen molar-refractivity contribution in [1.82, 2.24) is 10.0 Å². The van der Waals surface area contributed by atoms with Gasteiger partial charge in [0.05, 0.1) is 27.3 Å². The Morgan fingerprint density at radius 2 is 1.97 bits per heavy atom. The first-order chi connectivity index (χ1) is 14.8. The minimum Gasteiger partial charge on any atom is -0.291 e. The van der Waals surface area contributed by atoms with Crippen LogP contribution in [0.1, 0.15) is 33.4 Å². The van der Waals surface area contributed by atoms with Gasteiger partial charge in [0, 0.05) is 5.02 Å². The fraction of sp³-hybridized carbons (Fsp3) is 0.273. The number of halogens is 2. The molecule has 31 heavy (non-hydrogen) atoms. The standard InChI is InChI=1S/C22H18Cl2N2O4S/c1-12-4-2-5-15-19(12)22(30)26(21(15)29)25(11-17(27)18-6-3-9-31-18)20(28)14-8-7-13(23)10-16(14)24/h2-4,6-10,12,15,19H,5,11H2,1H3/t12-,15-,19+/m1/s1. The normalized spacial score (nSPS) is 22.5. The van der Waals surface area contributed by atoms with Gasteiger partial charge < -0.3 is 0 Å². The van der Waals surface area contributed by atoms with Crippen molar-refractivity contribution in [1.29, 1.82) is 0 Å². The number of carbonyl (C=O) groups excluding carboxylic acids is 4. The maximum atomic E-state index is 13.4. The number of thiophene rings is 1. The van der Waals surface area contributed by atoms with Gasteiger partial charge in [-0.3, -0.25) is 19.2 Å². The summed E-state index contributed by atoms with van der Waals surface area (Å²) in [6, 6.07) is 7.64. The van der Waals surface area contributed by atoms with Gasteiger partial charge in [0.15, 0.2) is 5.78 Å². The zero-order chi connectivity index (χ0) is 22.3. The van der Waals surface area contributed by atoms with Gasteiger partial charge in [-0.15, -0.1) is 11.3 Å². The molecule has 2 aliphatic rings. The van der Waals surface area contributed by atoms with E-state index in [4.69, 9.17) is 23.2 Å². The number of Topliss-reactive ketones (excluding diaryl/α,β-unsaturated/α-hetero) is 1. The van der Waals surface area contributed by atoms with Crippen LogP contribution in [0.4, 0.5) is 0 Å². The van der Waals surface area contributed by atoms with Gasteiger partial charge in [-0.25, -0.2) is 5.01 Å².